The van der Waals surface area contributed by atoms with Crippen LogP contribution in [0.3, 0.4) is 0 Å². The number of carbonyl (C=O) groups excluding carboxylic acids is 2. The molecule has 0 bridgehead atoms. The van der Waals surface area contributed by atoms with Gasteiger partial charge >= 0.3 is 5.97 Å². The van der Waals surface area contributed by atoms with E-state index in [9.17, 15) is 19.5 Å². The van der Waals surface area contributed by atoms with E-state index < -0.39 is 24.0 Å². The SMILES string of the molecule is O=C1CC[C@H](C(=O)N[C@@H](Cc2c(Cl)cccc2Cl)C(=O)O)N1. The summed E-state index contributed by atoms with van der Waals surface area (Å²) in [4.78, 5) is 34.5. The lowest BCUT2D eigenvalue weighted by Crippen LogP contribution is -2.49. The highest BCUT2D eigenvalue weighted by molar-refractivity contribution is 6.36. The summed E-state index contributed by atoms with van der Waals surface area (Å²) in [6.45, 7) is 0. The molecule has 2 amide bonds. The molecule has 118 valence electrons. The zero-order valence-corrected chi connectivity index (χ0v) is 12.9. The molecule has 1 fully saturated rings. The third-order valence-corrected chi connectivity index (χ3v) is 4.10. The molecular weight excluding hydrogens is 331 g/mol. The third-order valence-electron chi connectivity index (χ3n) is 3.40. The van der Waals surface area contributed by atoms with Gasteiger partial charge in [-0.1, -0.05) is 29.3 Å². The Hall–Kier alpha value is -1.79. The molecule has 1 aromatic carbocycles. The molecule has 0 radical (unpaired) electrons. The van der Waals surface area contributed by atoms with Gasteiger partial charge in [-0.05, 0) is 24.1 Å². The molecule has 1 saturated heterocycles. The van der Waals surface area contributed by atoms with Crippen molar-refractivity contribution in [1.29, 1.82) is 0 Å². The van der Waals surface area contributed by atoms with Crippen molar-refractivity contribution in [3.8, 4) is 0 Å². The van der Waals surface area contributed by atoms with Crippen molar-refractivity contribution in [3.63, 3.8) is 0 Å². The summed E-state index contributed by atoms with van der Waals surface area (Å²) in [6, 6.07) is 2.97. The number of amides is 2. The summed E-state index contributed by atoms with van der Waals surface area (Å²) in [5.41, 5.74) is 0.453. The maximum Gasteiger partial charge on any atom is 0.326 e. The Labute approximate surface area is 136 Å². The van der Waals surface area contributed by atoms with Gasteiger partial charge in [0.15, 0.2) is 0 Å². The minimum atomic E-state index is -1.20. The second kappa shape index (κ2) is 6.98. The highest BCUT2D eigenvalue weighted by Crippen LogP contribution is 2.25. The Morgan fingerprint density at radius 1 is 1.36 bits per heavy atom. The summed E-state index contributed by atoms with van der Waals surface area (Å²) < 4.78 is 0. The number of hydrogen-bond donors (Lipinski definition) is 3. The molecule has 0 spiro atoms. The van der Waals surface area contributed by atoms with Gasteiger partial charge in [0.1, 0.15) is 12.1 Å². The monoisotopic (exact) mass is 344 g/mol. The maximum absolute atomic E-state index is 12.0. The fourth-order valence-corrected chi connectivity index (χ4v) is 2.77. The van der Waals surface area contributed by atoms with E-state index in [0.717, 1.165) is 0 Å². The molecule has 0 aliphatic carbocycles. The summed E-state index contributed by atoms with van der Waals surface area (Å²) in [6.07, 6.45) is 0.566. The molecule has 6 nitrogen and oxygen atoms in total. The van der Waals surface area contributed by atoms with E-state index in [1.54, 1.807) is 18.2 Å². The summed E-state index contributed by atoms with van der Waals surface area (Å²) >= 11 is 12.0. The van der Waals surface area contributed by atoms with E-state index in [1.807, 2.05) is 0 Å². The highest BCUT2D eigenvalue weighted by Gasteiger charge is 2.31. The molecule has 0 saturated carbocycles. The van der Waals surface area contributed by atoms with E-state index in [0.29, 0.717) is 22.0 Å². The molecule has 8 heteroatoms. The summed E-state index contributed by atoms with van der Waals surface area (Å²) in [5, 5.41) is 14.8. The normalized spacial score (nSPS) is 18.6. The van der Waals surface area contributed by atoms with Crippen molar-refractivity contribution in [3.05, 3.63) is 33.8 Å². The van der Waals surface area contributed by atoms with Gasteiger partial charge in [0.25, 0.3) is 0 Å². The Morgan fingerprint density at radius 3 is 2.50 bits per heavy atom. The van der Waals surface area contributed by atoms with Crippen LogP contribution in [0.25, 0.3) is 0 Å². The first-order valence-corrected chi connectivity index (χ1v) is 7.39. The van der Waals surface area contributed by atoms with E-state index in [2.05, 4.69) is 10.6 Å². The predicted octanol–water partition coefficient (Wildman–Crippen LogP) is 1.38. The van der Waals surface area contributed by atoms with Crippen LogP contribution in [0, 0.1) is 0 Å². The van der Waals surface area contributed by atoms with Gasteiger partial charge in [-0.2, -0.15) is 0 Å². The quantitative estimate of drug-likeness (QED) is 0.751. The van der Waals surface area contributed by atoms with Crippen molar-refractivity contribution < 1.29 is 19.5 Å². The average molecular weight is 345 g/mol. The van der Waals surface area contributed by atoms with Crippen LogP contribution in [0.4, 0.5) is 0 Å². The van der Waals surface area contributed by atoms with E-state index in [1.165, 1.54) is 0 Å². The number of nitrogens with one attached hydrogen (secondary N) is 2. The fourth-order valence-electron chi connectivity index (χ4n) is 2.21. The average Bonchev–Trinajstić information content (AvgIpc) is 2.88. The van der Waals surface area contributed by atoms with Gasteiger partial charge in [0, 0.05) is 22.9 Å². The van der Waals surface area contributed by atoms with Crippen LogP contribution < -0.4 is 10.6 Å². The number of halogens is 2. The molecule has 3 N–H and O–H groups in total. The van der Waals surface area contributed by atoms with Crippen LogP contribution in [0.5, 0.6) is 0 Å². The Morgan fingerprint density at radius 2 is 2.00 bits per heavy atom. The molecular formula is C14H14Cl2N2O4. The van der Waals surface area contributed by atoms with Crippen molar-refractivity contribution in [2.75, 3.05) is 0 Å². The Balaban J connectivity index is 2.09. The zero-order chi connectivity index (χ0) is 16.3. The molecule has 0 aromatic heterocycles. The lowest BCUT2D eigenvalue weighted by Gasteiger charge is -2.18. The fraction of sp³-hybridized carbons (Fsp3) is 0.357. The third kappa shape index (κ3) is 3.90. The summed E-state index contributed by atoms with van der Waals surface area (Å²) in [5.74, 6) is -1.95. The van der Waals surface area contributed by atoms with Crippen molar-refractivity contribution in [2.24, 2.45) is 0 Å². The number of hydrogen-bond acceptors (Lipinski definition) is 3. The van der Waals surface area contributed by atoms with Gasteiger partial charge in [-0.15, -0.1) is 0 Å². The lowest BCUT2D eigenvalue weighted by atomic mass is 10.0. The van der Waals surface area contributed by atoms with Crippen molar-refractivity contribution in [2.45, 2.75) is 31.3 Å². The minimum absolute atomic E-state index is 0.0414. The molecule has 1 aliphatic rings. The van der Waals surface area contributed by atoms with Crippen LogP contribution in [0.2, 0.25) is 10.0 Å². The molecule has 22 heavy (non-hydrogen) atoms. The van der Waals surface area contributed by atoms with Crippen LogP contribution in [-0.4, -0.2) is 35.0 Å². The first-order valence-electron chi connectivity index (χ1n) is 6.64. The second-order valence-electron chi connectivity index (χ2n) is 4.96. The molecule has 0 unspecified atom stereocenters. The largest absolute Gasteiger partial charge is 0.480 e. The first kappa shape index (κ1) is 16.6. The smallest absolute Gasteiger partial charge is 0.326 e. The second-order valence-corrected chi connectivity index (χ2v) is 5.78. The van der Waals surface area contributed by atoms with Crippen LogP contribution in [-0.2, 0) is 20.8 Å². The van der Waals surface area contributed by atoms with Gasteiger partial charge in [-0.25, -0.2) is 4.79 Å². The summed E-state index contributed by atoms with van der Waals surface area (Å²) in [7, 11) is 0. The van der Waals surface area contributed by atoms with Gasteiger partial charge < -0.3 is 15.7 Å². The van der Waals surface area contributed by atoms with Crippen LogP contribution in [0.1, 0.15) is 18.4 Å². The highest BCUT2D eigenvalue weighted by atomic mass is 35.5. The van der Waals surface area contributed by atoms with Gasteiger partial charge in [0.05, 0.1) is 0 Å². The topological polar surface area (TPSA) is 95.5 Å². The molecule has 1 aliphatic heterocycles. The van der Waals surface area contributed by atoms with Crippen LogP contribution >= 0.6 is 23.2 Å². The van der Waals surface area contributed by atoms with E-state index >= 15 is 0 Å². The molecule has 1 heterocycles. The minimum Gasteiger partial charge on any atom is -0.480 e. The van der Waals surface area contributed by atoms with E-state index in [-0.39, 0.29) is 18.7 Å². The van der Waals surface area contributed by atoms with E-state index in [4.69, 9.17) is 23.2 Å². The Bertz CT molecular complexity index is 601. The number of aliphatic carboxylic acids is 1. The molecule has 2 rings (SSSR count). The maximum atomic E-state index is 12.0. The lowest BCUT2D eigenvalue weighted by molar-refractivity contribution is -0.142. The standard InChI is InChI=1S/C14H14Cl2N2O4/c15-8-2-1-3-9(16)7(8)6-11(14(21)22)18-13(20)10-4-5-12(19)17-10/h1-3,10-11H,4-6H2,(H,17,19)(H,18,20)(H,21,22)/t10-,11+/m1/s1. The number of benzene rings is 1. The van der Waals surface area contributed by atoms with Crippen molar-refractivity contribution in [1.82, 2.24) is 10.6 Å². The molecule has 2 atom stereocenters. The Kier molecular flexibility index (Phi) is 5.26. The van der Waals surface area contributed by atoms with Gasteiger partial charge in [0.2, 0.25) is 11.8 Å². The number of carbonyl (C=O) groups is 3. The first-order chi connectivity index (χ1) is 10.4. The van der Waals surface area contributed by atoms with Gasteiger partial charge in [-0.3, -0.25) is 9.59 Å². The van der Waals surface area contributed by atoms with Crippen molar-refractivity contribution >= 4 is 41.0 Å². The van der Waals surface area contributed by atoms with Crippen LogP contribution in [0.15, 0.2) is 18.2 Å². The predicted molar refractivity (Wildman–Crippen MR) is 80.9 cm³/mol. The number of carboxylic acids is 1. The molecule has 1 aromatic rings. The number of carboxylic acid groups (broad SMARTS) is 1. The number of rotatable bonds is 5. The zero-order valence-electron chi connectivity index (χ0n) is 11.4.